The maximum atomic E-state index is 12.8. The van der Waals surface area contributed by atoms with Gasteiger partial charge in [-0.15, -0.1) is 0 Å². The Morgan fingerprint density at radius 3 is 2.50 bits per heavy atom. The third-order valence-corrected chi connectivity index (χ3v) is 6.04. The summed E-state index contributed by atoms with van der Waals surface area (Å²) in [7, 11) is 1.62. The van der Waals surface area contributed by atoms with E-state index in [1.54, 1.807) is 30.4 Å². The van der Waals surface area contributed by atoms with E-state index in [0.717, 1.165) is 29.5 Å². The van der Waals surface area contributed by atoms with Gasteiger partial charge < -0.3 is 16.2 Å². The Morgan fingerprint density at radius 2 is 1.88 bits per heavy atom. The fourth-order valence-electron chi connectivity index (χ4n) is 3.82. The molecule has 0 spiro atoms. The normalized spacial score (nSPS) is 16.0. The number of nitrogen functional groups attached to an aromatic ring is 1. The number of hydrogen-bond acceptors (Lipinski definition) is 6. The summed E-state index contributed by atoms with van der Waals surface area (Å²) in [6.07, 6.45) is 8.65. The molecule has 1 fully saturated rings. The van der Waals surface area contributed by atoms with Crippen molar-refractivity contribution in [3.05, 3.63) is 60.2 Å². The van der Waals surface area contributed by atoms with Crippen molar-refractivity contribution in [1.29, 1.82) is 0 Å². The number of nitrogens with two attached hydrogens (primary N) is 2. The predicted molar refractivity (Wildman–Crippen MR) is 122 cm³/mol. The van der Waals surface area contributed by atoms with Crippen molar-refractivity contribution in [3.8, 4) is 11.1 Å². The van der Waals surface area contributed by atoms with E-state index in [9.17, 15) is 4.79 Å². The zero-order chi connectivity index (χ0) is 22.7. The number of carbonyl (C=O) groups excluding carboxylic acids is 1. The van der Waals surface area contributed by atoms with Crippen LogP contribution in [0.2, 0.25) is 0 Å². The summed E-state index contributed by atoms with van der Waals surface area (Å²) in [5, 5.41) is 4.18. The summed E-state index contributed by atoms with van der Waals surface area (Å²) < 4.78 is 6.70. The highest BCUT2D eigenvalue weighted by Crippen LogP contribution is 2.47. The number of methoxy groups -OCH3 is 1. The third kappa shape index (κ3) is 4.38. The molecule has 1 unspecified atom stereocenters. The number of aliphatic imine (C=N–C) groups is 1. The molecule has 1 aliphatic rings. The predicted octanol–water partition coefficient (Wildman–Crippen LogP) is 2.43. The van der Waals surface area contributed by atoms with Gasteiger partial charge in [0.25, 0.3) is 5.91 Å². The average Bonchev–Trinajstić information content (AvgIpc) is 3.56. The van der Waals surface area contributed by atoms with Crippen molar-refractivity contribution >= 4 is 17.7 Å². The minimum Gasteiger partial charge on any atom is -0.386 e. The number of amidine groups is 1. The van der Waals surface area contributed by atoms with Gasteiger partial charge in [0, 0.05) is 31.3 Å². The molecule has 1 atom stereocenters. The number of anilines is 1. The van der Waals surface area contributed by atoms with E-state index in [2.05, 4.69) is 27.0 Å². The Morgan fingerprint density at radius 1 is 1.19 bits per heavy atom. The van der Waals surface area contributed by atoms with Gasteiger partial charge in [-0.3, -0.25) is 9.48 Å². The Hall–Kier alpha value is -3.59. The van der Waals surface area contributed by atoms with Gasteiger partial charge in [0.15, 0.2) is 0 Å². The Kier molecular flexibility index (Phi) is 6.00. The molecule has 32 heavy (non-hydrogen) atoms. The Balaban J connectivity index is 1.58. The van der Waals surface area contributed by atoms with Gasteiger partial charge in [0.1, 0.15) is 5.84 Å². The Labute approximate surface area is 186 Å². The topological polar surface area (TPSA) is 134 Å². The van der Waals surface area contributed by atoms with E-state index in [0.29, 0.717) is 30.5 Å². The van der Waals surface area contributed by atoms with E-state index < -0.39 is 11.3 Å². The van der Waals surface area contributed by atoms with Gasteiger partial charge in [-0.2, -0.15) is 10.1 Å². The van der Waals surface area contributed by atoms with Gasteiger partial charge in [-0.25, -0.2) is 9.97 Å². The van der Waals surface area contributed by atoms with E-state index in [1.807, 2.05) is 24.3 Å². The van der Waals surface area contributed by atoms with Crippen LogP contribution >= 0.6 is 0 Å². The molecule has 4 rings (SSSR count). The first kappa shape index (κ1) is 21.6. The smallest absolute Gasteiger partial charge is 0.281 e. The van der Waals surface area contributed by atoms with Crippen molar-refractivity contribution < 1.29 is 9.53 Å². The Bertz CT molecular complexity index is 1120. The number of hydrogen-bond donors (Lipinski definition) is 2. The lowest BCUT2D eigenvalue weighted by Crippen LogP contribution is -2.41. The lowest BCUT2D eigenvalue weighted by atomic mass is 9.76. The maximum Gasteiger partial charge on any atom is 0.281 e. The first-order valence-electron chi connectivity index (χ1n) is 10.5. The van der Waals surface area contributed by atoms with Crippen molar-refractivity contribution in [2.45, 2.75) is 31.7 Å². The van der Waals surface area contributed by atoms with Crippen LogP contribution in [0.3, 0.4) is 0 Å². The van der Waals surface area contributed by atoms with Crippen LogP contribution in [-0.2, 0) is 16.7 Å². The number of ether oxygens (including phenoxy) is 1. The van der Waals surface area contributed by atoms with E-state index in [4.69, 9.17) is 16.2 Å². The molecule has 9 heteroatoms. The molecular weight excluding hydrogens is 406 g/mol. The lowest BCUT2D eigenvalue weighted by Gasteiger charge is -2.30. The molecule has 0 aliphatic heterocycles. The minimum absolute atomic E-state index is 0.240. The van der Waals surface area contributed by atoms with Gasteiger partial charge in [0.05, 0.1) is 30.3 Å². The maximum absolute atomic E-state index is 12.8. The molecule has 0 radical (unpaired) electrons. The summed E-state index contributed by atoms with van der Waals surface area (Å²) in [5.74, 6) is 0.505. The lowest BCUT2D eigenvalue weighted by molar-refractivity contribution is 0.100. The number of aromatic nitrogens is 4. The summed E-state index contributed by atoms with van der Waals surface area (Å²) in [5.41, 5.74) is 14.8. The zero-order valence-corrected chi connectivity index (χ0v) is 18.2. The first-order valence-corrected chi connectivity index (χ1v) is 10.5. The number of rotatable bonds is 8. The monoisotopic (exact) mass is 433 g/mol. The quantitative estimate of drug-likeness (QED) is 0.411. The number of benzene rings is 1. The third-order valence-electron chi connectivity index (χ3n) is 6.04. The molecular formula is C23H27N7O2. The highest BCUT2D eigenvalue weighted by Gasteiger charge is 2.46. The molecule has 4 N–H and O–H groups in total. The molecule has 1 saturated carbocycles. The molecule has 1 aliphatic carbocycles. The van der Waals surface area contributed by atoms with E-state index >= 15 is 0 Å². The molecule has 2 heterocycles. The first-order chi connectivity index (χ1) is 15.4. The SMILES string of the molecule is COCCn1cc(C(=O)N=C(N)C(C)(c2ccc(-c3cnc(N)nc3)cc2)C2CC2)cn1. The average molecular weight is 434 g/mol. The van der Waals surface area contributed by atoms with Crippen LogP contribution in [0.25, 0.3) is 11.1 Å². The standard InChI is InChI=1S/C23H27N7O2/c1-23(19-7-8-19,18-5-3-15(4-6-18)16-11-26-22(25)27-12-16)21(24)29-20(31)17-13-28-30(14-17)9-10-32-2/h3-6,11-14,19H,7-10H2,1-2H3,(H2,24,29,31)(H2,25,26,27). The van der Waals surface area contributed by atoms with Crippen molar-refractivity contribution in [3.63, 3.8) is 0 Å². The molecule has 9 nitrogen and oxygen atoms in total. The van der Waals surface area contributed by atoms with Crippen LogP contribution in [0.5, 0.6) is 0 Å². The fourth-order valence-corrected chi connectivity index (χ4v) is 3.82. The highest BCUT2D eigenvalue weighted by atomic mass is 16.5. The van der Waals surface area contributed by atoms with Gasteiger partial charge in [0.2, 0.25) is 5.95 Å². The van der Waals surface area contributed by atoms with Crippen molar-refractivity contribution in [2.24, 2.45) is 16.6 Å². The molecule has 166 valence electrons. The second-order valence-corrected chi connectivity index (χ2v) is 8.17. The largest absolute Gasteiger partial charge is 0.386 e. The second kappa shape index (κ2) is 8.88. The highest BCUT2D eigenvalue weighted by molar-refractivity contribution is 6.06. The van der Waals surface area contributed by atoms with Crippen molar-refractivity contribution in [2.75, 3.05) is 19.5 Å². The zero-order valence-electron chi connectivity index (χ0n) is 18.2. The van der Waals surface area contributed by atoms with Crippen LogP contribution in [0.4, 0.5) is 5.95 Å². The summed E-state index contributed by atoms with van der Waals surface area (Å²) in [6.45, 7) is 3.13. The molecule has 3 aromatic rings. The second-order valence-electron chi connectivity index (χ2n) is 8.17. The molecule has 0 bridgehead atoms. The van der Waals surface area contributed by atoms with Crippen LogP contribution in [-0.4, -0.2) is 45.2 Å². The summed E-state index contributed by atoms with van der Waals surface area (Å²) >= 11 is 0. The van der Waals surface area contributed by atoms with Crippen LogP contribution in [0.1, 0.15) is 35.7 Å². The summed E-state index contributed by atoms with van der Waals surface area (Å²) in [4.78, 5) is 25.1. The fraction of sp³-hybridized carbons (Fsp3) is 0.348. The summed E-state index contributed by atoms with van der Waals surface area (Å²) in [6, 6.07) is 8.05. The minimum atomic E-state index is -0.530. The number of carbonyl (C=O) groups is 1. The number of nitrogens with zero attached hydrogens (tertiary/aromatic N) is 5. The number of amides is 1. The molecule has 0 saturated heterocycles. The van der Waals surface area contributed by atoms with Crippen LogP contribution in [0.15, 0.2) is 54.0 Å². The van der Waals surface area contributed by atoms with Gasteiger partial charge >= 0.3 is 0 Å². The molecule has 2 aromatic heterocycles. The van der Waals surface area contributed by atoms with Gasteiger partial charge in [-0.05, 0) is 36.8 Å². The molecule has 1 amide bonds. The van der Waals surface area contributed by atoms with Crippen molar-refractivity contribution in [1.82, 2.24) is 19.7 Å². The van der Waals surface area contributed by atoms with Crippen LogP contribution < -0.4 is 11.5 Å². The van der Waals surface area contributed by atoms with Gasteiger partial charge in [-0.1, -0.05) is 24.3 Å². The van der Waals surface area contributed by atoms with E-state index in [1.165, 1.54) is 6.20 Å². The van der Waals surface area contributed by atoms with E-state index in [-0.39, 0.29) is 5.95 Å². The molecule has 1 aromatic carbocycles. The van der Waals surface area contributed by atoms with Crippen LogP contribution in [0, 0.1) is 5.92 Å².